The average molecular weight is 320 g/mol. The predicted molar refractivity (Wildman–Crippen MR) is 60.4 cm³/mol. The number of hydrogen-bond acceptors (Lipinski definition) is 4. The standard InChI is InChI=1S/C12H5F5N2O3/c13-7-2-9(8(14)1-6(7)10(20)21)22-5-3-18-11(19-4-5)12(15,16)17/h1-4H,(H,20,21). The van der Waals surface area contributed by atoms with Crippen molar-refractivity contribution in [1.29, 1.82) is 0 Å². The molecule has 1 aromatic heterocycles. The summed E-state index contributed by atoms with van der Waals surface area (Å²) in [5, 5.41) is 8.60. The van der Waals surface area contributed by atoms with Gasteiger partial charge in [-0.1, -0.05) is 0 Å². The van der Waals surface area contributed by atoms with Gasteiger partial charge in [-0.05, 0) is 6.07 Å². The van der Waals surface area contributed by atoms with Crippen LogP contribution >= 0.6 is 0 Å². The summed E-state index contributed by atoms with van der Waals surface area (Å²) in [6, 6.07) is 0.842. The number of aromatic nitrogens is 2. The summed E-state index contributed by atoms with van der Waals surface area (Å²) in [7, 11) is 0. The van der Waals surface area contributed by atoms with E-state index in [4.69, 9.17) is 9.84 Å². The van der Waals surface area contributed by atoms with E-state index in [-0.39, 0.29) is 5.75 Å². The maximum absolute atomic E-state index is 13.6. The van der Waals surface area contributed by atoms with Gasteiger partial charge in [-0.2, -0.15) is 13.2 Å². The Morgan fingerprint density at radius 2 is 1.68 bits per heavy atom. The number of aromatic carboxylic acids is 1. The van der Waals surface area contributed by atoms with E-state index in [1.165, 1.54) is 0 Å². The minimum Gasteiger partial charge on any atom is -0.478 e. The van der Waals surface area contributed by atoms with Crippen LogP contribution in [0.3, 0.4) is 0 Å². The number of carboxylic acid groups (broad SMARTS) is 1. The molecule has 0 radical (unpaired) electrons. The Balaban J connectivity index is 2.28. The molecule has 0 unspecified atom stereocenters. The van der Waals surface area contributed by atoms with E-state index >= 15 is 0 Å². The second-order valence-electron chi connectivity index (χ2n) is 3.91. The van der Waals surface area contributed by atoms with Crippen LogP contribution < -0.4 is 4.74 Å². The molecule has 0 aliphatic heterocycles. The molecule has 0 atom stereocenters. The van der Waals surface area contributed by atoms with E-state index in [2.05, 4.69) is 9.97 Å². The molecule has 0 spiro atoms. The fourth-order valence-corrected chi connectivity index (χ4v) is 1.41. The minimum atomic E-state index is -4.75. The first kappa shape index (κ1) is 15.6. The van der Waals surface area contributed by atoms with Gasteiger partial charge in [0.25, 0.3) is 0 Å². The highest BCUT2D eigenvalue weighted by Gasteiger charge is 2.34. The smallest absolute Gasteiger partial charge is 0.451 e. The number of nitrogens with zero attached hydrogens (tertiary/aromatic N) is 2. The van der Waals surface area contributed by atoms with Crippen LogP contribution in [-0.4, -0.2) is 21.0 Å². The Morgan fingerprint density at radius 3 is 2.18 bits per heavy atom. The van der Waals surface area contributed by atoms with Crippen LogP contribution in [0.15, 0.2) is 24.5 Å². The highest BCUT2D eigenvalue weighted by molar-refractivity contribution is 5.88. The van der Waals surface area contributed by atoms with Gasteiger partial charge >= 0.3 is 12.1 Å². The van der Waals surface area contributed by atoms with Crippen molar-refractivity contribution in [2.24, 2.45) is 0 Å². The summed E-state index contributed by atoms with van der Waals surface area (Å²) in [6.07, 6.45) is -3.50. The normalized spacial score (nSPS) is 11.3. The third-order valence-electron chi connectivity index (χ3n) is 2.36. The van der Waals surface area contributed by atoms with Crippen molar-refractivity contribution in [3.05, 3.63) is 47.5 Å². The maximum atomic E-state index is 13.6. The molecule has 0 saturated carbocycles. The molecule has 0 amide bonds. The number of alkyl halides is 3. The zero-order valence-corrected chi connectivity index (χ0v) is 10.4. The van der Waals surface area contributed by atoms with Crippen molar-refractivity contribution in [2.45, 2.75) is 6.18 Å². The summed E-state index contributed by atoms with van der Waals surface area (Å²) < 4.78 is 68.5. The topological polar surface area (TPSA) is 72.3 Å². The molecule has 1 N–H and O–H groups in total. The summed E-state index contributed by atoms with van der Waals surface area (Å²) in [5.74, 6) is -6.68. The predicted octanol–water partition coefficient (Wildman–Crippen LogP) is 3.26. The van der Waals surface area contributed by atoms with E-state index in [1.54, 1.807) is 0 Å². The molecule has 5 nitrogen and oxygen atoms in total. The van der Waals surface area contributed by atoms with Gasteiger partial charge in [-0.15, -0.1) is 0 Å². The molecule has 116 valence electrons. The molecule has 0 fully saturated rings. The van der Waals surface area contributed by atoms with Gasteiger partial charge in [0.15, 0.2) is 17.3 Å². The number of carbonyl (C=O) groups is 1. The molecule has 10 heteroatoms. The van der Waals surface area contributed by atoms with E-state index in [0.717, 1.165) is 0 Å². The van der Waals surface area contributed by atoms with Crippen LogP contribution in [0.25, 0.3) is 0 Å². The van der Waals surface area contributed by atoms with Gasteiger partial charge in [0.1, 0.15) is 5.82 Å². The van der Waals surface area contributed by atoms with Crippen LogP contribution in [-0.2, 0) is 6.18 Å². The first-order valence-electron chi connectivity index (χ1n) is 5.48. The van der Waals surface area contributed by atoms with E-state index < -0.39 is 40.9 Å². The molecule has 0 aliphatic carbocycles. The van der Waals surface area contributed by atoms with E-state index in [9.17, 15) is 26.7 Å². The number of ether oxygens (including phenoxy) is 1. The highest BCUT2D eigenvalue weighted by atomic mass is 19.4. The summed E-state index contributed by atoms with van der Waals surface area (Å²) in [4.78, 5) is 16.5. The third-order valence-corrected chi connectivity index (χ3v) is 2.36. The third kappa shape index (κ3) is 3.27. The van der Waals surface area contributed by atoms with Crippen LogP contribution in [0.5, 0.6) is 11.5 Å². The zero-order valence-electron chi connectivity index (χ0n) is 10.4. The fraction of sp³-hybridized carbons (Fsp3) is 0.0833. The molecule has 2 rings (SSSR count). The molecule has 1 aromatic carbocycles. The molecule has 0 bridgehead atoms. The maximum Gasteiger partial charge on any atom is 0.451 e. The molecule has 2 aromatic rings. The lowest BCUT2D eigenvalue weighted by molar-refractivity contribution is -0.145. The fourth-order valence-electron chi connectivity index (χ4n) is 1.41. The second-order valence-corrected chi connectivity index (χ2v) is 3.91. The zero-order chi connectivity index (χ0) is 16.5. The highest BCUT2D eigenvalue weighted by Crippen LogP contribution is 2.29. The summed E-state index contributed by atoms with van der Waals surface area (Å²) in [5.41, 5.74) is -0.909. The molecule has 22 heavy (non-hydrogen) atoms. The van der Waals surface area contributed by atoms with Gasteiger partial charge in [-0.3, -0.25) is 0 Å². The van der Waals surface area contributed by atoms with Crippen LogP contribution in [0.4, 0.5) is 22.0 Å². The second kappa shape index (κ2) is 5.54. The Kier molecular flexibility index (Phi) is 3.93. The van der Waals surface area contributed by atoms with Crippen LogP contribution in [0.2, 0.25) is 0 Å². The number of hydrogen-bond donors (Lipinski definition) is 1. The molecule has 1 heterocycles. The van der Waals surface area contributed by atoms with Crippen molar-refractivity contribution >= 4 is 5.97 Å². The first-order chi connectivity index (χ1) is 10.2. The van der Waals surface area contributed by atoms with Crippen molar-refractivity contribution < 1.29 is 36.6 Å². The Hall–Kier alpha value is -2.78. The van der Waals surface area contributed by atoms with Gasteiger partial charge in [0.2, 0.25) is 5.82 Å². The Labute approximate surface area is 119 Å². The van der Waals surface area contributed by atoms with Crippen LogP contribution in [0.1, 0.15) is 16.2 Å². The minimum absolute atomic E-state index is 0.380. The monoisotopic (exact) mass is 320 g/mol. The molecule has 0 aliphatic rings. The summed E-state index contributed by atoms with van der Waals surface area (Å²) >= 11 is 0. The quantitative estimate of drug-likeness (QED) is 0.879. The van der Waals surface area contributed by atoms with Crippen molar-refractivity contribution in [1.82, 2.24) is 9.97 Å². The number of rotatable bonds is 3. The van der Waals surface area contributed by atoms with E-state index in [1.807, 2.05) is 0 Å². The average Bonchev–Trinajstić information content (AvgIpc) is 2.41. The summed E-state index contributed by atoms with van der Waals surface area (Å²) in [6.45, 7) is 0. The molecule has 0 saturated heterocycles. The lowest BCUT2D eigenvalue weighted by atomic mass is 10.2. The number of halogens is 5. The van der Waals surface area contributed by atoms with Gasteiger partial charge in [0.05, 0.1) is 18.0 Å². The van der Waals surface area contributed by atoms with Crippen molar-refractivity contribution in [3.63, 3.8) is 0 Å². The largest absolute Gasteiger partial charge is 0.478 e. The van der Waals surface area contributed by atoms with Crippen molar-refractivity contribution in [3.8, 4) is 11.5 Å². The van der Waals surface area contributed by atoms with Gasteiger partial charge in [0, 0.05) is 6.07 Å². The van der Waals surface area contributed by atoms with Gasteiger partial charge < -0.3 is 9.84 Å². The van der Waals surface area contributed by atoms with Crippen LogP contribution in [0, 0.1) is 11.6 Å². The lowest BCUT2D eigenvalue weighted by Gasteiger charge is -2.09. The number of carboxylic acids is 1. The SMILES string of the molecule is O=C(O)c1cc(F)c(Oc2cnc(C(F)(F)F)nc2)cc1F. The lowest BCUT2D eigenvalue weighted by Crippen LogP contribution is -2.10. The van der Waals surface area contributed by atoms with E-state index in [0.29, 0.717) is 24.5 Å². The number of benzene rings is 1. The Morgan fingerprint density at radius 1 is 1.09 bits per heavy atom. The first-order valence-corrected chi connectivity index (χ1v) is 5.48. The Bertz CT molecular complexity index is 716. The molecular weight excluding hydrogens is 315 g/mol. The van der Waals surface area contributed by atoms with Crippen molar-refractivity contribution in [2.75, 3.05) is 0 Å². The molecular formula is C12H5F5N2O3. The van der Waals surface area contributed by atoms with Gasteiger partial charge in [-0.25, -0.2) is 23.5 Å².